The van der Waals surface area contributed by atoms with Crippen LogP contribution in [0, 0.1) is 19.8 Å². The quantitative estimate of drug-likeness (QED) is 0.876. The number of amides is 1. The summed E-state index contributed by atoms with van der Waals surface area (Å²) in [6.07, 6.45) is 2.10. The molecule has 1 amide bonds. The monoisotopic (exact) mass is 314 g/mol. The van der Waals surface area contributed by atoms with E-state index in [1.54, 1.807) is 0 Å². The summed E-state index contributed by atoms with van der Waals surface area (Å²) in [5.41, 5.74) is 3.64. The van der Waals surface area contributed by atoms with Crippen LogP contribution in [0.15, 0.2) is 24.5 Å². The first-order chi connectivity index (χ1) is 10.9. The Balaban J connectivity index is 1.60. The van der Waals surface area contributed by atoms with E-state index in [2.05, 4.69) is 47.4 Å². The number of nitrogens with one attached hydrogen (secondary N) is 1. The van der Waals surface area contributed by atoms with Gasteiger partial charge in [-0.15, -0.1) is 5.10 Å². The van der Waals surface area contributed by atoms with E-state index in [9.17, 15) is 9.59 Å². The van der Waals surface area contributed by atoms with E-state index in [0.717, 1.165) is 6.42 Å². The van der Waals surface area contributed by atoms with Crippen molar-refractivity contribution in [3.05, 3.63) is 41.2 Å². The molecule has 7 heteroatoms. The highest BCUT2D eigenvalue weighted by Gasteiger charge is 2.44. The second-order valence-electron chi connectivity index (χ2n) is 5.94. The smallest absolute Gasteiger partial charge is 0.325 e. The van der Waals surface area contributed by atoms with Gasteiger partial charge in [0.25, 0.3) is 0 Å². The van der Waals surface area contributed by atoms with Gasteiger partial charge in [-0.2, -0.15) is 0 Å². The number of aryl methyl sites for hydroxylation is 2. The van der Waals surface area contributed by atoms with Gasteiger partial charge in [-0.05, 0) is 42.9 Å². The van der Waals surface area contributed by atoms with E-state index in [-0.39, 0.29) is 30.2 Å². The summed E-state index contributed by atoms with van der Waals surface area (Å²) in [6.45, 7) is 3.85. The number of hydrogen-bond acceptors (Lipinski definition) is 4. The van der Waals surface area contributed by atoms with Gasteiger partial charge in [-0.25, -0.2) is 9.67 Å². The second-order valence-corrected chi connectivity index (χ2v) is 5.94. The zero-order valence-corrected chi connectivity index (χ0v) is 13.0. The largest absolute Gasteiger partial charge is 0.480 e. The number of carbonyl (C=O) groups is 2. The summed E-state index contributed by atoms with van der Waals surface area (Å²) in [5.74, 6) is -0.841. The summed E-state index contributed by atoms with van der Waals surface area (Å²) >= 11 is 0. The number of anilines is 1. The molecule has 1 heterocycles. The van der Waals surface area contributed by atoms with Crippen LogP contribution in [0.3, 0.4) is 0 Å². The lowest BCUT2D eigenvalue weighted by Crippen LogP contribution is -2.16. The molecule has 1 fully saturated rings. The maximum absolute atomic E-state index is 12.2. The standard InChI is InChI=1S/C16H18N4O3/c1-9-3-4-11(5-10(9)2)12-6-13(12)15(23)18-16-17-8-20(19-16)7-14(21)22/h3-5,8,12-13H,6-7H2,1-2H3,(H,21,22)(H,18,19,23)/t12-,13+/m0/s1. The van der Waals surface area contributed by atoms with Crippen LogP contribution in [0.25, 0.3) is 0 Å². The van der Waals surface area contributed by atoms with E-state index >= 15 is 0 Å². The van der Waals surface area contributed by atoms with Crippen molar-refractivity contribution in [3.8, 4) is 0 Å². The number of carboxylic acids is 1. The van der Waals surface area contributed by atoms with Crippen molar-refractivity contribution in [1.82, 2.24) is 14.8 Å². The molecule has 0 aliphatic heterocycles. The van der Waals surface area contributed by atoms with Crippen LogP contribution in [0.2, 0.25) is 0 Å². The fraction of sp³-hybridized carbons (Fsp3) is 0.375. The fourth-order valence-corrected chi connectivity index (χ4v) is 2.62. The predicted molar refractivity (Wildman–Crippen MR) is 83.1 cm³/mol. The summed E-state index contributed by atoms with van der Waals surface area (Å²) < 4.78 is 1.17. The molecule has 2 aromatic rings. The molecule has 120 valence electrons. The molecule has 1 aromatic heterocycles. The van der Waals surface area contributed by atoms with Crippen LogP contribution in [0.1, 0.15) is 29.0 Å². The molecule has 0 saturated heterocycles. The average molecular weight is 314 g/mol. The van der Waals surface area contributed by atoms with Gasteiger partial charge in [0, 0.05) is 5.92 Å². The van der Waals surface area contributed by atoms with Crippen LogP contribution >= 0.6 is 0 Å². The lowest BCUT2D eigenvalue weighted by atomic mass is 10.0. The first kappa shape index (κ1) is 15.2. The molecule has 0 bridgehead atoms. The summed E-state index contributed by atoms with van der Waals surface area (Å²) in [5, 5.41) is 15.2. The molecule has 1 aliphatic rings. The lowest BCUT2D eigenvalue weighted by molar-refractivity contribution is -0.137. The summed E-state index contributed by atoms with van der Waals surface area (Å²) in [7, 11) is 0. The zero-order chi connectivity index (χ0) is 16.6. The predicted octanol–water partition coefficient (Wildman–Crippen LogP) is 1.72. The van der Waals surface area contributed by atoms with Crippen LogP contribution in [0.4, 0.5) is 5.95 Å². The Kier molecular flexibility index (Phi) is 3.85. The van der Waals surface area contributed by atoms with E-state index < -0.39 is 5.97 Å². The minimum absolute atomic E-state index is 0.0801. The molecular formula is C16H18N4O3. The van der Waals surface area contributed by atoms with Crippen molar-refractivity contribution in [1.29, 1.82) is 0 Å². The Hall–Kier alpha value is -2.70. The fourth-order valence-electron chi connectivity index (χ4n) is 2.62. The number of carbonyl (C=O) groups excluding carboxylic acids is 1. The first-order valence-electron chi connectivity index (χ1n) is 7.43. The van der Waals surface area contributed by atoms with E-state index in [0.29, 0.717) is 0 Å². The van der Waals surface area contributed by atoms with Gasteiger partial charge in [-0.3, -0.25) is 14.9 Å². The number of nitrogens with zero attached hydrogens (tertiary/aromatic N) is 3. The molecule has 0 radical (unpaired) electrons. The Labute approximate surface area is 133 Å². The van der Waals surface area contributed by atoms with Crippen molar-refractivity contribution in [3.63, 3.8) is 0 Å². The van der Waals surface area contributed by atoms with Gasteiger partial charge < -0.3 is 5.11 Å². The van der Waals surface area contributed by atoms with Crippen LogP contribution in [-0.2, 0) is 16.1 Å². The SMILES string of the molecule is Cc1ccc([C@@H]2C[C@H]2C(=O)Nc2ncn(CC(=O)O)n2)cc1C. The Morgan fingerprint density at radius 2 is 2.13 bits per heavy atom. The Morgan fingerprint density at radius 1 is 1.35 bits per heavy atom. The van der Waals surface area contributed by atoms with Crippen LogP contribution < -0.4 is 5.32 Å². The highest BCUT2D eigenvalue weighted by molar-refractivity contribution is 5.93. The Morgan fingerprint density at radius 3 is 2.83 bits per heavy atom. The van der Waals surface area contributed by atoms with Gasteiger partial charge in [-0.1, -0.05) is 18.2 Å². The molecule has 2 atom stereocenters. The lowest BCUT2D eigenvalue weighted by Gasteiger charge is -2.05. The number of hydrogen-bond donors (Lipinski definition) is 2. The van der Waals surface area contributed by atoms with Gasteiger partial charge in [0.1, 0.15) is 12.9 Å². The van der Waals surface area contributed by atoms with Crippen LogP contribution in [0.5, 0.6) is 0 Å². The van der Waals surface area contributed by atoms with E-state index in [4.69, 9.17) is 5.11 Å². The molecule has 0 spiro atoms. The molecule has 1 aliphatic carbocycles. The van der Waals surface area contributed by atoms with E-state index in [1.165, 1.54) is 27.7 Å². The molecule has 0 unspecified atom stereocenters. The van der Waals surface area contributed by atoms with Gasteiger partial charge in [0.15, 0.2) is 0 Å². The second kappa shape index (κ2) is 5.83. The van der Waals surface area contributed by atoms with Crippen molar-refractivity contribution < 1.29 is 14.7 Å². The first-order valence-corrected chi connectivity index (χ1v) is 7.43. The van der Waals surface area contributed by atoms with Gasteiger partial charge >= 0.3 is 5.97 Å². The number of rotatable bonds is 5. The molecule has 1 saturated carbocycles. The number of aromatic nitrogens is 3. The van der Waals surface area contributed by atoms with Crippen molar-refractivity contribution in [2.24, 2.45) is 5.92 Å². The summed E-state index contributed by atoms with van der Waals surface area (Å²) in [6, 6.07) is 6.28. The van der Waals surface area contributed by atoms with Crippen molar-refractivity contribution in [2.75, 3.05) is 5.32 Å². The Bertz CT molecular complexity index is 768. The molecule has 7 nitrogen and oxygen atoms in total. The molecule has 3 rings (SSSR count). The molecular weight excluding hydrogens is 296 g/mol. The van der Waals surface area contributed by atoms with Gasteiger partial charge in [0.05, 0.1) is 0 Å². The number of aliphatic carboxylic acids is 1. The summed E-state index contributed by atoms with van der Waals surface area (Å²) in [4.78, 5) is 26.7. The molecule has 2 N–H and O–H groups in total. The highest BCUT2D eigenvalue weighted by Crippen LogP contribution is 2.48. The van der Waals surface area contributed by atoms with Crippen molar-refractivity contribution in [2.45, 2.75) is 32.7 Å². The third-order valence-electron chi connectivity index (χ3n) is 4.16. The number of carboxylic acid groups (broad SMARTS) is 1. The third kappa shape index (κ3) is 3.39. The zero-order valence-electron chi connectivity index (χ0n) is 13.0. The molecule has 1 aromatic carbocycles. The van der Waals surface area contributed by atoms with Crippen LogP contribution in [-0.4, -0.2) is 31.7 Å². The minimum Gasteiger partial charge on any atom is -0.480 e. The van der Waals surface area contributed by atoms with E-state index in [1.807, 2.05) is 0 Å². The van der Waals surface area contributed by atoms with Crippen molar-refractivity contribution >= 4 is 17.8 Å². The highest BCUT2D eigenvalue weighted by atomic mass is 16.4. The van der Waals surface area contributed by atoms with Gasteiger partial charge in [0.2, 0.25) is 11.9 Å². The third-order valence-corrected chi connectivity index (χ3v) is 4.16. The number of benzene rings is 1. The molecule has 23 heavy (non-hydrogen) atoms. The average Bonchev–Trinajstić information content (AvgIpc) is 3.17. The maximum Gasteiger partial charge on any atom is 0.325 e. The minimum atomic E-state index is -1.01. The normalized spacial score (nSPS) is 19.4. The maximum atomic E-state index is 12.2. The topological polar surface area (TPSA) is 97.1 Å².